The summed E-state index contributed by atoms with van der Waals surface area (Å²) in [5.74, 6) is -1.98. The summed E-state index contributed by atoms with van der Waals surface area (Å²) in [7, 11) is 0. The maximum atomic E-state index is 11.8. The van der Waals surface area contributed by atoms with Gasteiger partial charge >= 0.3 is 5.97 Å². The quantitative estimate of drug-likeness (QED) is 0.636. The molecule has 0 radical (unpaired) electrons. The van der Waals surface area contributed by atoms with E-state index in [2.05, 4.69) is 0 Å². The van der Waals surface area contributed by atoms with Crippen molar-refractivity contribution in [1.29, 1.82) is 5.26 Å². The predicted molar refractivity (Wildman–Crippen MR) is 63.4 cm³/mol. The van der Waals surface area contributed by atoms with Crippen molar-refractivity contribution in [2.75, 3.05) is 0 Å². The third-order valence-corrected chi connectivity index (χ3v) is 2.56. The fourth-order valence-electron chi connectivity index (χ4n) is 1.48. The lowest BCUT2D eigenvalue weighted by Gasteiger charge is -2.11. The molecule has 0 amide bonds. The molecule has 0 bridgehead atoms. The second-order valence-electron chi connectivity index (χ2n) is 3.60. The van der Waals surface area contributed by atoms with E-state index in [4.69, 9.17) is 22.0 Å². The number of ketones is 1. The first kappa shape index (κ1) is 14.2. The summed E-state index contributed by atoms with van der Waals surface area (Å²) in [5.41, 5.74) is -0.268. The van der Waals surface area contributed by atoms with E-state index in [1.165, 1.54) is 25.1 Å². The second kappa shape index (κ2) is 5.63. The largest absolute Gasteiger partial charge is 0.479 e. The number of aliphatic hydroxyl groups is 1. The van der Waals surface area contributed by atoms with Gasteiger partial charge in [0.25, 0.3) is 0 Å². The van der Waals surface area contributed by atoms with Gasteiger partial charge in [0, 0.05) is 11.1 Å². The normalized spacial score (nSPS) is 13.4. The molecule has 5 nitrogen and oxygen atoms in total. The number of carboxylic acid groups (broad SMARTS) is 1. The maximum Gasteiger partial charge on any atom is 0.337 e. The first-order chi connectivity index (χ1) is 8.40. The van der Waals surface area contributed by atoms with E-state index in [1.807, 2.05) is 0 Å². The van der Waals surface area contributed by atoms with Gasteiger partial charge in [-0.2, -0.15) is 5.26 Å². The average molecular weight is 268 g/mol. The van der Waals surface area contributed by atoms with Crippen molar-refractivity contribution < 1.29 is 19.8 Å². The number of carbonyl (C=O) groups is 2. The molecule has 2 atom stereocenters. The van der Waals surface area contributed by atoms with Gasteiger partial charge in [-0.25, -0.2) is 4.79 Å². The average Bonchev–Trinajstić information content (AvgIpc) is 2.35. The van der Waals surface area contributed by atoms with Gasteiger partial charge in [-0.05, 0) is 13.0 Å². The number of hydrogen-bond acceptors (Lipinski definition) is 4. The minimum absolute atomic E-state index is 0.0119. The molecule has 0 aromatic heterocycles. The molecule has 94 valence electrons. The number of nitriles is 1. The lowest BCUT2D eigenvalue weighted by molar-refractivity contribution is -0.146. The van der Waals surface area contributed by atoms with Gasteiger partial charge < -0.3 is 10.2 Å². The number of nitrogens with zero attached hydrogens (tertiary/aromatic N) is 1. The van der Waals surface area contributed by atoms with Gasteiger partial charge in [0.1, 0.15) is 6.07 Å². The Morgan fingerprint density at radius 1 is 1.44 bits per heavy atom. The third-order valence-electron chi connectivity index (χ3n) is 2.36. The summed E-state index contributed by atoms with van der Waals surface area (Å²) in [6, 6.07) is 5.79. The molecule has 1 aromatic carbocycles. The standard InChI is InChI=1S/C12H10ClNO4/c1-6(13)10(15)7-3-2-4-8(9(7)5-14)11(16)12(17)18/h2-4,6,11,16H,1H3,(H,17,18). The number of alkyl halides is 1. The van der Waals surface area contributed by atoms with Crippen LogP contribution in [-0.4, -0.2) is 27.3 Å². The molecule has 0 spiro atoms. The van der Waals surface area contributed by atoms with Crippen LogP contribution in [0.5, 0.6) is 0 Å². The highest BCUT2D eigenvalue weighted by Gasteiger charge is 2.24. The lowest BCUT2D eigenvalue weighted by atomic mass is 9.95. The summed E-state index contributed by atoms with van der Waals surface area (Å²) < 4.78 is 0. The zero-order valence-electron chi connectivity index (χ0n) is 9.42. The highest BCUT2D eigenvalue weighted by molar-refractivity contribution is 6.33. The lowest BCUT2D eigenvalue weighted by Crippen LogP contribution is -2.17. The van der Waals surface area contributed by atoms with E-state index in [0.29, 0.717) is 0 Å². The van der Waals surface area contributed by atoms with Crippen LogP contribution in [0.25, 0.3) is 0 Å². The van der Waals surface area contributed by atoms with Crippen LogP contribution < -0.4 is 0 Å². The van der Waals surface area contributed by atoms with Crippen LogP contribution in [-0.2, 0) is 4.79 Å². The summed E-state index contributed by atoms with van der Waals surface area (Å²) in [6.07, 6.45) is -1.85. The number of aliphatic hydroxyl groups excluding tert-OH is 1. The first-order valence-electron chi connectivity index (χ1n) is 5.02. The van der Waals surface area contributed by atoms with Crippen LogP contribution in [0.3, 0.4) is 0 Å². The number of carbonyl (C=O) groups excluding carboxylic acids is 1. The van der Waals surface area contributed by atoms with E-state index in [1.54, 1.807) is 6.07 Å². The van der Waals surface area contributed by atoms with Gasteiger partial charge in [-0.3, -0.25) is 4.79 Å². The molecule has 2 N–H and O–H groups in total. The van der Waals surface area contributed by atoms with Crippen molar-refractivity contribution in [3.8, 4) is 6.07 Å². The monoisotopic (exact) mass is 267 g/mol. The summed E-state index contributed by atoms with van der Waals surface area (Å²) in [4.78, 5) is 22.5. The summed E-state index contributed by atoms with van der Waals surface area (Å²) in [6.45, 7) is 1.45. The minimum atomic E-state index is -1.85. The Bertz CT molecular complexity index is 533. The van der Waals surface area contributed by atoms with E-state index in [-0.39, 0.29) is 16.7 Å². The highest BCUT2D eigenvalue weighted by Crippen LogP contribution is 2.23. The van der Waals surface area contributed by atoms with Crippen molar-refractivity contribution in [2.24, 2.45) is 0 Å². The number of aliphatic carboxylic acids is 1. The number of halogens is 1. The molecule has 2 unspecified atom stereocenters. The van der Waals surface area contributed by atoms with Crippen molar-refractivity contribution in [2.45, 2.75) is 18.4 Å². The molecule has 6 heteroatoms. The van der Waals surface area contributed by atoms with Gasteiger partial charge in [-0.1, -0.05) is 12.1 Å². The zero-order chi connectivity index (χ0) is 13.9. The molecule has 0 saturated carbocycles. The number of benzene rings is 1. The molecular weight excluding hydrogens is 258 g/mol. The maximum absolute atomic E-state index is 11.8. The van der Waals surface area contributed by atoms with Crippen molar-refractivity contribution >= 4 is 23.4 Å². The Balaban J connectivity index is 3.41. The van der Waals surface area contributed by atoms with Crippen LogP contribution in [0.15, 0.2) is 18.2 Å². The number of rotatable bonds is 4. The molecule has 1 aromatic rings. The van der Waals surface area contributed by atoms with E-state index >= 15 is 0 Å². The van der Waals surface area contributed by atoms with E-state index < -0.39 is 23.2 Å². The minimum Gasteiger partial charge on any atom is -0.479 e. The SMILES string of the molecule is CC(Cl)C(=O)c1cccc(C(O)C(=O)O)c1C#N. The molecule has 0 aliphatic rings. The fraction of sp³-hybridized carbons (Fsp3) is 0.250. The van der Waals surface area contributed by atoms with Gasteiger partial charge in [0.2, 0.25) is 0 Å². The van der Waals surface area contributed by atoms with Crippen molar-refractivity contribution in [3.05, 3.63) is 34.9 Å². The number of Topliss-reactive ketones (excluding diaryl/α,β-unsaturated/α-hetero) is 1. The highest BCUT2D eigenvalue weighted by atomic mass is 35.5. The molecule has 0 aliphatic carbocycles. The molecule has 0 fully saturated rings. The smallest absolute Gasteiger partial charge is 0.337 e. The van der Waals surface area contributed by atoms with Crippen LogP contribution in [0.4, 0.5) is 0 Å². The molecule has 0 aliphatic heterocycles. The zero-order valence-corrected chi connectivity index (χ0v) is 10.2. The predicted octanol–water partition coefficient (Wildman–Crippen LogP) is 1.49. The third kappa shape index (κ3) is 2.67. The Labute approximate surface area is 108 Å². The topological polar surface area (TPSA) is 98.4 Å². The molecule has 0 heterocycles. The Kier molecular flexibility index (Phi) is 4.43. The van der Waals surface area contributed by atoms with Crippen LogP contribution in [0, 0.1) is 11.3 Å². The first-order valence-corrected chi connectivity index (χ1v) is 5.46. The Morgan fingerprint density at radius 2 is 2.06 bits per heavy atom. The van der Waals surface area contributed by atoms with Crippen LogP contribution >= 0.6 is 11.6 Å². The second-order valence-corrected chi connectivity index (χ2v) is 4.26. The summed E-state index contributed by atoms with van der Waals surface area (Å²) >= 11 is 5.65. The van der Waals surface area contributed by atoms with Crippen LogP contribution in [0.2, 0.25) is 0 Å². The number of hydrogen-bond donors (Lipinski definition) is 2. The van der Waals surface area contributed by atoms with Crippen molar-refractivity contribution in [1.82, 2.24) is 0 Å². The summed E-state index contributed by atoms with van der Waals surface area (Å²) in [5, 5.41) is 26.4. The van der Waals surface area contributed by atoms with Crippen molar-refractivity contribution in [3.63, 3.8) is 0 Å². The molecular formula is C12H10ClNO4. The Hall–Kier alpha value is -1.90. The van der Waals surface area contributed by atoms with Gasteiger partial charge in [-0.15, -0.1) is 11.6 Å². The van der Waals surface area contributed by atoms with Gasteiger partial charge in [0.05, 0.1) is 10.9 Å². The molecule has 1 rings (SSSR count). The molecule has 18 heavy (non-hydrogen) atoms. The fourth-order valence-corrected chi connectivity index (χ4v) is 1.59. The Morgan fingerprint density at radius 3 is 2.50 bits per heavy atom. The van der Waals surface area contributed by atoms with Crippen LogP contribution in [0.1, 0.15) is 34.5 Å². The van der Waals surface area contributed by atoms with Gasteiger partial charge in [0.15, 0.2) is 11.9 Å². The molecule has 0 saturated heterocycles. The van der Waals surface area contributed by atoms with E-state index in [0.717, 1.165) is 0 Å². The van der Waals surface area contributed by atoms with E-state index in [9.17, 15) is 14.7 Å². The number of carboxylic acids is 1.